The molecule has 1 rings (SSSR count). The first kappa shape index (κ1) is 16.9. The molecule has 6 nitrogen and oxygen atoms in total. The van der Waals surface area contributed by atoms with E-state index in [2.05, 4.69) is 20.6 Å². The highest BCUT2D eigenvalue weighted by Gasteiger charge is 2.10. The maximum atomic E-state index is 12.0. The second-order valence-corrected chi connectivity index (χ2v) is 5.11. The van der Waals surface area contributed by atoms with Crippen LogP contribution in [-0.2, 0) is 11.2 Å². The molecule has 1 aromatic heterocycles. The number of hydrogen-bond acceptors (Lipinski definition) is 3. The van der Waals surface area contributed by atoms with Gasteiger partial charge in [0.05, 0.1) is 6.54 Å². The van der Waals surface area contributed by atoms with Crippen LogP contribution in [0.3, 0.4) is 0 Å². The summed E-state index contributed by atoms with van der Waals surface area (Å²) in [5.41, 5.74) is 0.988. The number of guanidine groups is 1. The molecule has 21 heavy (non-hydrogen) atoms. The standard InChI is InChI=1S/C15H25N5O/c1-12(2)19-15(16-3)18-11-14(21)20(4)10-8-13-7-5-6-9-17-13/h5-7,9,12H,8,10-11H2,1-4H3,(H2,16,18,19). The van der Waals surface area contributed by atoms with E-state index in [1.54, 1.807) is 25.2 Å². The average Bonchev–Trinajstić information content (AvgIpc) is 2.49. The van der Waals surface area contributed by atoms with Crippen molar-refractivity contribution in [3.8, 4) is 0 Å². The van der Waals surface area contributed by atoms with E-state index in [4.69, 9.17) is 0 Å². The molecule has 0 spiro atoms. The minimum atomic E-state index is 0.0256. The van der Waals surface area contributed by atoms with E-state index in [1.807, 2.05) is 32.0 Å². The van der Waals surface area contributed by atoms with Crippen LogP contribution in [-0.4, -0.2) is 55.0 Å². The van der Waals surface area contributed by atoms with Gasteiger partial charge < -0.3 is 15.5 Å². The molecule has 0 fully saturated rings. The number of aromatic nitrogens is 1. The van der Waals surface area contributed by atoms with E-state index in [0.717, 1.165) is 12.1 Å². The average molecular weight is 291 g/mol. The number of likely N-dealkylation sites (N-methyl/N-ethyl adjacent to an activating group) is 1. The van der Waals surface area contributed by atoms with E-state index < -0.39 is 0 Å². The molecule has 0 saturated carbocycles. The molecule has 1 amide bonds. The number of carbonyl (C=O) groups excluding carboxylic acids is 1. The van der Waals surface area contributed by atoms with Crippen molar-refractivity contribution in [1.82, 2.24) is 20.5 Å². The Morgan fingerprint density at radius 3 is 2.76 bits per heavy atom. The molecule has 0 unspecified atom stereocenters. The lowest BCUT2D eigenvalue weighted by molar-refractivity contribution is -0.128. The first-order valence-corrected chi connectivity index (χ1v) is 7.14. The van der Waals surface area contributed by atoms with Crippen LogP contribution < -0.4 is 10.6 Å². The molecule has 0 aliphatic rings. The molecule has 1 heterocycles. The Bertz CT molecular complexity index is 458. The summed E-state index contributed by atoms with van der Waals surface area (Å²) in [5.74, 6) is 0.661. The number of pyridine rings is 1. The normalized spacial score (nSPS) is 11.4. The third-order valence-electron chi connectivity index (χ3n) is 2.91. The van der Waals surface area contributed by atoms with Gasteiger partial charge in [-0.05, 0) is 26.0 Å². The van der Waals surface area contributed by atoms with Crippen LogP contribution in [0.15, 0.2) is 29.4 Å². The largest absolute Gasteiger partial charge is 0.354 e. The van der Waals surface area contributed by atoms with Gasteiger partial charge in [0.25, 0.3) is 0 Å². The third-order valence-corrected chi connectivity index (χ3v) is 2.91. The molecule has 0 radical (unpaired) electrons. The number of carbonyl (C=O) groups is 1. The number of rotatable bonds is 6. The Labute approximate surface area is 126 Å². The lowest BCUT2D eigenvalue weighted by Gasteiger charge is -2.19. The maximum Gasteiger partial charge on any atom is 0.241 e. The molecule has 0 aliphatic carbocycles. The quantitative estimate of drug-likeness (QED) is 0.596. The number of hydrogen-bond donors (Lipinski definition) is 2. The molecule has 1 aromatic rings. The Kier molecular flexibility index (Phi) is 7.21. The van der Waals surface area contributed by atoms with Crippen molar-refractivity contribution in [2.45, 2.75) is 26.3 Å². The van der Waals surface area contributed by atoms with Gasteiger partial charge in [-0.3, -0.25) is 14.8 Å². The molecule has 116 valence electrons. The van der Waals surface area contributed by atoms with E-state index in [0.29, 0.717) is 12.5 Å². The summed E-state index contributed by atoms with van der Waals surface area (Å²) in [7, 11) is 3.48. The molecule has 2 N–H and O–H groups in total. The minimum absolute atomic E-state index is 0.0256. The van der Waals surface area contributed by atoms with Crippen molar-refractivity contribution in [3.05, 3.63) is 30.1 Å². The molecule has 6 heteroatoms. The molecular formula is C15H25N5O. The van der Waals surface area contributed by atoms with Gasteiger partial charge in [0.2, 0.25) is 5.91 Å². The second kappa shape index (κ2) is 8.94. The fourth-order valence-corrected chi connectivity index (χ4v) is 1.72. The van der Waals surface area contributed by atoms with Gasteiger partial charge in [-0.15, -0.1) is 0 Å². The summed E-state index contributed by atoms with van der Waals surface area (Å²) in [5, 5.41) is 6.15. The second-order valence-electron chi connectivity index (χ2n) is 5.11. The lowest BCUT2D eigenvalue weighted by Crippen LogP contribution is -2.45. The van der Waals surface area contributed by atoms with E-state index in [-0.39, 0.29) is 18.5 Å². The van der Waals surface area contributed by atoms with Gasteiger partial charge in [0.1, 0.15) is 0 Å². The highest BCUT2D eigenvalue weighted by atomic mass is 16.2. The zero-order chi connectivity index (χ0) is 15.7. The van der Waals surface area contributed by atoms with Gasteiger partial charge in [-0.2, -0.15) is 0 Å². The monoisotopic (exact) mass is 291 g/mol. The third kappa shape index (κ3) is 6.74. The minimum Gasteiger partial charge on any atom is -0.354 e. The molecule has 0 aliphatic heterocycles. The van der Waals surface area contributed by atoms with Gasteiger partial charge >= 0.3 is 0 Å². The molecular weight excluding hydrogens is 266 g/mol. The fourth-order valence-electron chi connectivity index (χ4n) is 1.72. The molecule has 0 atom stereocenters. The summed E-state index contributed by atoms with van der Waals surface area (Å²) in [6.45, 7) is 4.92. The summed E-state index contributed by atoms with van der Waals surface area (Å²) < 4.78 is 0. The number of amides is 1. The van der Waals surface area contributed by atoms with Crippen molar-refractivity contribution < 1.29 is 4.79 Å². The van der Waals surface area contributed by atoms with E-state index >= 15 is 0 Å². The highest BCUT2D eigenvalue weighted by Crippen LogP contribution is 1.96. The van der Waals surface area contributed by atoms with Crippen molar-refractivity contribution in [1.29, 1.82) is 0 Å². The van der Waals surface area contributed by atoms with Crippen molar-refractivity contribution in [3.63, 3.8) is 0 Å². The topological polar surface area (TPSA) is 69.6 Å². The van der Waals surface area contributed by atoms with Crippen LogP contribution in [0.1, 0.15) is 19.5 Å². The first-order chi connectivity index (χ1) is 10.0. The van der Waals surface area contributed by atoms with Crippen LogP contribution in [0.5, 0.6) is 0 Å². The zero-order valence-corrected chi connectivity index (χ0v) is 13.3. The van der Waals surface area contributed by atoms with Gasteiger partial charge in [0, 0.05) is 45.0 Å². The Morgan fingerprint density at radius 1 is 1.43 bits per heavy atom. The predicted octanol–water partition coefficient (Wildman–Crippen LogP) is 0.656. The van der Waals surface area contributed by atoms with Crippen molar-refractivity contribution in [2.75, 3.05) is 27.2 Å². The van der Waals surface area contributed by atoms with Crippen molar-refractivity contribution in [2.24, 2.45) is 4.99 Å². The first-order valence-electron chi connectivity index (χ1n) is 7.14. The van der Waals surface area contributed by atoms with Crippen LogP contribution >= 0.6 is 0 Å². The molecule has 0 bridgehead atoms. The van der Waals surface area contributed by atoms with Gasteiger partial charge in [-0.1, -0.05) is 6.07 Å². The maximum absolute atomic E-state index is 12.0. The summed E-state index contributed by atoms with van der Waals surface area (Å²) in [6, 6.07) is 6.07. The van der Waals surface area contributed by atoms with Crippen LogP contribution in [0.25, 0.3) is 0 Å². The van der Waals surface area contributed by atoms with Crippen LogP contribution in [0.2, 0.25) is 0 Å². The van der Waals surface area contributed by atoms with Crippen LogP contribution in [0.4, 0.5) is 0 Å². The van der Waals surface area contributed by atoms with Gasteiger partial charge in [0.15, 0.2) is 5.96 Å². The number of nitrogens with one attached hydrogen (secondary N) is 2. The van der Waals surface area contributed by atoms with Crippen LogP contribution in [0, 0.1) is 0 Å². The predicted molar refractivity (Wildman–Crippen MR) is 85.2 cm³/mol. The molecule has 0 aromatic carbocycles. The fraction of sp³-hybridized carbons (Fsp3) is 0.533. The van der Waals surface area contributed by atoms with E-state index in [1.165, 1.54) is 0 Å². The Morgan fingerprint density at radius 2 is 2.19 bits per heavy atom. The Balaban J connectivity index is 2.34. The SMILES string of the molecule is CN=C(NCC(=O)N(C)CCc1ccccn1)NC(C)C. The molecule has 0 saturated heterocycles. The van der Waals surface area contributed by atoms with E-state index in [9.17, 15) is 4.79 Å². The number of nitrogens with zero attached hydrogens (tertiary/aromatic N) is 3. The number of aliphatic imine (C=N–C) groups is 1. The Hall–Kier alpha value is -2.11. The zero-order valence-electron chi connectivity index (χ0n) is 13.3. The van der Waals surface area contributed by atoms with Crippen molar-refractivity contribution >= 4 is 11.9 Å². The summed E-state index contributed by atoms with van der Waals surface area (Å²) in [4.78, 5) is 22.0. The van der Waals surface area contributed by atoms with Gasteiger partial charge in [-0.25, -0.2) is 0 Å². The smallest absolute Gasteiger partial charge is 0.241 e. The summed E-state index contributed by atoms with van der Waals surface area (Å²) >= 11 is 0. The summed E-state index contributed by atoms with van der Waals surface area (Å²) in [6.07, 6.45) is 2.52. The highest BCUT2D eigenvalue weighted by molar-refractivity contribution is 5.86. The lowest BCUT2D eigenvalue weighted by atomic mass is 10.2.